The number of rotatable bonds is 6. The molecule has 1 fully saturated rings. The van der Waals surface area contributed by atoms with Gasteiger partial charge in [0.2, 0.25) is 5.91 Å². The van der Waals surface area contributed by atoms with Gasteiger partial charge < -0.3 is 15.4 Å². The zero-order valence-corrected chi connectivity index (χ0v) is 13.6. The van der Waals surface area contributed by atoms with Crippen LogP contribution < -0.4 is 10.6 Å². The Bertz CT molecular complexity index is 662. The highest BCUT2D eigenvalue weighted by Gasteiger charge is 2.42. The molecule has 1 aliphatic carbocycles. The first-order valence-corrected chi connectivity index (χ1v) is 7.54. The number of hydrogen-bond donors (Lipinski definition) is 2. The molecular weight excluding hydrogens is 294 g/mol. The lowest BCUT2D eigenvalue weighted by atomic mass is 9.98. The molecule has 1 aliphatic rings. The number of carbonyl (C=O) groups is 2. The molecule has 23 heavy (non-hydrogen) atoms. The van der Waals surface area contributed by atoms with Gasteiger partial charge in [0.05, 0.1) is 25.3 Å². The maximum absolute atomic E-state index is 12.1. The minimum Gasteiger partial charge on any atom is -0.465 e. The van der Waals surface area contributed by atoms with Crippen LogP contribution in [0.1, 0.15) is 35.7 Å². The second kappa shape index (κ2) is 6.69. The van der Waals surface area contributed by atoms with E-state index in [1.165, 1.54) is 7.11 Å². The molecule has 1 unspecified atom stereocenters. The molecule has 1 saturated carbocycles. The smallest absolute Gasteiger partial charge is 0.339 e. The molecule has 0 heterocycles. The number of nitrogens with one attached hydrogen (secondary N) is 2. The van der Waals surface area contributed by atoms with Crippen molar-refractivity contribution in [1.82, 2.24) is 5.32 Å². The Morgan fingerprint density at radius 3 is 2.70 bits per heavy atom. The molecule has 0 bridgehead atoms. The monoisotopic (exact) mass is 315 g/mol. The van der Waals surface area contributed by atoms with Crippen molar-refractivity contribution in [2.45, 2.75) is 32.2 Å². The summed E-state index contributed by atoms with van der Waals surface area (Å²) >= 11 is 0. The summed E-state index contributed by atoms with van der Waals surface area (Å²) in [5, 5.41) is 15.0. The number of hydrogen-bond acceptors (Lipinski definition) is 5. The highest BCUT2D eigenvalue weighted by atomic mass is 16.5. The second-order valence-electron chi connectivity index (χ2n) is 6.03. The fraction of sp³-hybridized carbons (Fsp3) is 0.471. The number of ether oxygens (including phenoxy) is 1. The van der Waals surface area contributed by atoms with E-state index in [0.29, 0.717) is 11.3 Å². The molecule has 1 amide bonds. The van der Waals surface area contributed by atoms with Gasteiger partial charge in [-0.25, -0.2) is 4.79 Å². The summed E-state index contributed by atoms with van der Waals surface area (Å²) in [4.78, 5) is 23.9. The van der Waals surface area contributed by atoms with Gasteiger partial charge in [-0.3, -0.25) is 4.79 Å². The van der Waals surface area contributed by atoms with Crippen molar-refractivity contribution in [2.75, 3.05) is 19.0 Å². The molecular formula is C17H21N3O3. The number of esters is 1. The lowest BCUT2D eigenvalue weighted by Gasteiger charge is -2.23. The lowest BCUT2D eigenvalue weighted by molar-refractivity contribution is -0.120. The molecule has 2 N–H and O–H groups in total. The Balaban J connectivity index is 2.02. The first kappa shape index (κ1) is 16.8. The third-order valence-electron chi connectivity index (χ3n) is 4.04. The van der Waals surface area contributed by atoms with Gasteiger partial charge in [-0.15, -0.1) is 0 Å². The number of benzene rings is 1. The van der Waals surface area contributed by atoms with Gasteiger partial charge in [0.15, 0.2) is 0 Å². The van der Waals surface area contributed by atoms with Crippen LogP contribution in [0.4, 0.5) is 5.69 Å². The van der Waals surface area contributed by atoms with Gasteiger partial charge in [-0.2, -0.15) is 5.26 Å². The van der Waals surface area contributed by atoms with Gasteiger partial charge >= 0.3 is 5.97 Å². The van der Waals surface area contributed by atoms with Crippen molar-refractivity contribution >= 4 is 17.6 Å². The lowest BCUT2D eigenvalue weighted by Crippen LogP contribution is -2.48. The number of aryl methyl sites for hydroxylation is 1. The standard InChI is InChI=1S/C17H21N3O3/c1-11-4-7-14(13(8-11)16(22)23-3)19-9-15(21)20-17(2,10-18)12-5-6-12/h4,7-8,12,19H,5-6,9H2,1-3H3,(H,20,21). The largest absolute Gasteiger partial charge is 0.465 e. The van der Waals surface area contributed by atoms with E-state index in [0.717, 1.165) is 18.4 Å². The van der Waals surface area contributed by atoms with Crippen LogP contribution in [0.15, 0.2) is 18.2 Å². The van der Waals surface area contributed by atoms with Crippen molar-refractivity contribution < 1.29 is 14.3 Å². The summed E-state index contributed by atoms with van der Waals surface area (Å²) in [5.41, 5.74) is 1.01. The maximum Gasteiger partial charge on any atom is 0.339 e. The van der Waals surface area contributed by atoms with Crippen LogP contribution in [0.25, 0.3) is 0 Å². The van der Waals surface area contributed by atoms with Gasteiger partial charge in [-0.1, -0.05) is 11.6 Å². The van der Waals surface area contributed by atoms with Crippen molar-refractivity contribution in [3.05, 3.63) is 29.3 Å². The average Bonchev–Trinajstić information content (AvgIpc) is 3.38. The minimum absolute atomic E-state index is 0.0168. The van der Waals surface area contributed by atoms with E-state index in [2.05, 4.69) is 16.7 Å². The Kier molecular flexibility index (Phi) is 4.89. The molecule has 0 aromatic heterocycles. The zero-order valence-electron chi connectivity index (χ0n) is 13.6. The van der Waals surface area contributed by atoms with Crippen molar-refractivity contribution in [3.8, 4) is 6.07 Å². The Labute approximate surface area is 135 Å². The van der Waals surface area contributed by atoms with Crippen LogP contribution in [0.5, 0.6) is 0 Å². The number of amides is 1. The number of anilines is 1. The van der Waals surface area contributed by atoms with Crippen molar-refractivity contribution in [3.63, 3.8) is 0 Å². The van der Waals surface area contributed by atoms with E-state index in [-0.39, 0.29) is 18.4 Å². The van der Waals surface area contributed by atoms with Crippen molar-refractivity contribution in [1.29, 1.82) is 5.26 Å². The quantitative estimate of drug-likeness (QED) is 0.784. The number of nitrogens with zero attached hydrogens (tertiary/aromatic N) is 1. The van der Waals surface area contributed by atoms with Gasteiger partial charge in [-0.05, 0) is 44.7 Å². The van der Waals surface area contributed by atoms with Gasteiger partial charge in [0.25, 0.3) is 0 Å². The third-order valence-corrected chi connectivity index (χ3v) is 4.04. The van der Waals surface area contributed by atoms with Crippen LogP contribution in [-0.4, -0.2) is 31.1 Å². The first-order chi connectivity index (χ1) is 10.9. The predicted octanol–water partition coefficient (Wildman–Crippen LogP) is 2.00. The van der Waals surface area contributed by atoms with E-state index in [9.17, 15) is 14.9 Å². The third kappa shape index (κ3) is 4.01. The fourth-order valence-electron chi connectivity index (χ4n) is 2.48. The average molecular weight is 315 g/mol. The van der Waals surface area contributed by atoms with Crippen LogP contribution in [0, 0.1) is 24.2 Å². The molecule has 0 radical (unpaired) electrons. The Hall–Kier alpha value is -2.55. The van der Waals surface area contributed by atoms with E-state index in [4.69, 9.17) is 4.74 Å². The molecule has 1 aromatic carbocycles. The van der Waals surface area contributed by atoms with Gasteiger partial charge in [0.1, 0.15) is 5.54 Å². The summed E-state index contributed by atoms with van der Waals surface area (Å²) in [6, 6.07) is 7.46. The summed E-state index contributed by atoms with van der Waals surface area (Å²) < 4.78 is 4.75. The van der Waals surface area contributed by atoms with Crippen LogP contribution in [-0.2, 0) is 9.53 Å². The molecule has 122 valence electrons. The summed E-state index contributed by atoms with van der Waals surface area (Å²) in [5.74, 6) is -0.518. The molecule has 1 aromatic rings. The second-order valence-corrected chi connectivity index (χ2v) is 6.03. The highest BCUT2D eigenvalue weighted by Crippen LogP contribution is 2.39. The molecule has 2 rings (SSSR count). The Morgan fingerprint density at radius 2 is 2.13 bits per heavy atom. The van der Waals surface area contributed by atoms with E-state index >= 15 is 0 Å². The van der Waals surface area contributed by atoms with Gasteiger partial charge in [0, 0.05) is 5.69 Å². The maximum atomic E-state index is 12.1. The van der Waals surface area contributed by atoms with Crippen LogP contribution >= 0.6 is 0 Å². The molecule has 0 saturated heterocycles. The predicted molar refractivity (Wildman–Crippen MR) is 85.9 cm³/mol. The van der Waals surface area contributed by atoms with E-state index in [1.807, 2.05) is 13.0 Å². The zero-order chi connectivity index (χ0) is 17.0. The molecule has 6 nitrogen and oxygen atoms in total. The molecule has 1 atom stereocenters. The number of carbonyl (C=O) groups excluding carboxylic acids is 2. The molecule has 0 spiro atoms. The topological polar surface area (TPSA) is 91.2 Å². The minimum atomic E-state index is -0.822. The van der Waals surface area contributed by atoms with Crippen LogP contribution in [0.2, 0.25) is 0 Å². The summed E-state index contributed by atoms with van der Waals surface area (Å²) in [6.45, 7) is 3.60. The normalized spacial score (nSPS) is 15.9. The van der Waals surface area contributed by atoms with Crippen LogP contribution in [0.3, 0.4) is 0 Å². The number of nitriles is 1. The summed E-state index contributed by atoms with van der Waals surface area (Å²) in [6.07, 6.45) is 1.92. The SMILES string of the molecule is COC(=O)c1cc(C)ccc1NCC(=O)NC(C)(C#N)C1CC1. The fourth-order valence-corrected chi connectivity index (χ4v) is 2.48. The Morgan fingerprint density at radius 1 is 1.43 bits per heavy atom. The molecule has 6 heteroatoms. The van der Waals surface area contributed by atoms with Crippen molar-refractivity contribution in [2.24, 2.45) is 5.92 Å². The number of methoxy groups -OCH3 is 1. The first-order valence-electron chi connectivity index (χ1n) is 7.54. The summed E-state index contributed by atoms with van der Waals surface area (Å²) in [7, 11) is 1.31. The molecule has 0 aliphatic heterocycles. The highest BCUT2D eigenvalue weighted by molar-refractivity contribution is 5.96. The van der Waals surface area contributed by atoms with E-state index < -0.39 is 11.5 Å². The van der Waals surface area contributed by atoms with E-state index in [1.54, 1.807) is 19.1 Å².